The largest absolute Gasteiger partial charge is 0.454 e. The number of hydrogen-bond donors (Lipinski definition) is 0. The van der Waals surface area contributed by atoms with Gasteiger partial charge < -0.3 is 9.15 Å². The van der Waals surface area contributed by atoms with Crippen LogP contribution in [-0.2, 0) is 17.6 Å². The number of aryl methyl sites for hydroxylation is 3. The molecule has 29 heavy (non-hydrogen) atoms. The molecule has 1 aromatic carbocycles. The van der Waals surface area contributed by atoms with Crippen LogP contribution >= 0.6 is 0 Å². The van der Waals surface area contributed by atoms with E-state index >= 15 is 0 Å². The number of rotatable bonds is 5. The smallest absolute Gasteiger partial charge is 0.343 e. The fourth-order valence-electron chi connectivity index (χ4n) is 3.72. The highest BCUT2D eigenvalue weighted by atomic mass is 16.5. The van der Waals surface area contributed by atoms with Crippen molar-refractivity contribution in [3.05, 3.63) is 76.3 Å². The molecule has 4 rings (SSSR count). The summed E-state index contributed by atoms with van der Waals surface area (Å²) in [5, 5.41) is 9.53. The first kappa shape index (κ1) is 18.8. The second-order valence-corrected chi connectivity index (χ2v) is 7.11. The molecule has 0 radical (unpaired) electrons. The SMILES string of the molecule is Cc1oc(-n2cccc2)c(C#N)c1C(=O)OCC(=O)c1ccc2c(c1)CCCC2. The highest BCUT2D eigenvalue weighted by Crippen LogP contribution is 2.26. The number of aromatic nitrogens is 1. The highest BCUT2D eigenvalue weighted by Gasteiger charge is 2.26. The van der Waals surface area contributed by atoms with Crippen molar-refractivity contribution in [3.8, 4) is 12.0 Å². The third-order valence-corrected chi connectivity index (χ3v) is 5.23. The van der Waals surface area contributed by atoms with Crippen LogP contribution in [0.1, 0.15) is 56.0 Å². The first-order chi connectivity index (χ1) is 14.1. The van der Waals surface area contributed by atoms with Gasteiger partial charge in [0.1, 0.15) is 23.0 Å². The van der Waals surface area contributed by atoms with Crippen molar-refractivity contribution < 1.29 is 18.7 Å². The minimum Gasteiger partial charge on any atom is -0.454 e. The second-order valence-electron chi connectivity index (χ2n) is 7.11. The van der Waals surface area contributed by atoms with E-state index in [9.17, 15) is 14.9 Å². The molecule has 0 saturated carbocycles. The predicted molar refractivity (Wildman–Crippen MR) is 105 cm³/mol. The fourth-order valence-corrected chi connectivity index (χ4v) is 3.72. The summed E-state index contributed by atoms with van der Waals surface area (Å²) in [4.78, 5) is 25.1. The summed E-state index contributed by atoms with van der Waals surface area (Å²) in [6, 6.07) is 11.3. The summed E-state index contributed by atoms with van der Waals surface area (Å²) in [5.74, 6) is -0.482. The molecule has 0 N–H and O–H groups in total. The molecule has 146 valence electrons. The van der Waals surface area contributed by atoms with Crippen molar-refractivity contribution in [2.75, 3.05) is 6.61 Å². The van der Waals surface area contributed by atoms with Gasteiger partial charge in [-0.3, -0.25) is 9.36 Å². The Morgan fingerprint density at radius 3 is 2.62 bits per heavy atom. The number of nitrogens with zero attached hydrogens (tertiary/aromatic N) is 2. The maximum absolute atomic E-state index is 12.6. The number of Topliss-reactive ketones (excluding diaryl/α,β-unsaturated/α-hetero) is 1. The Hall–Kier alpha value is -3.59. The summed E-state index contributed by atoms with van der Waals surface area (Å²) >= 11 is 0. The Morgan fingerprint density at radius 2 is 1.90 bits per heavy atom. The lowest BCUT2D eigenvalue weighted by Crippen LogP contribution is -2.16. The van der Waals surface area contributed by atoms with Crippen molar-refractivity contribution >= 4 is 11.8 Å². The molecule has 3 aromatic rings. The van der Waals surface area contributed by atoms with E-state index in [1.165, 1.54) is 17.5 Å². The van der Waals surface area contributed by atoms with Crippen LogP contribution in [0, 0.1) is 18.3 Å². The topological polar surface area (TPSA) is 85.2 Å². The van der Waals surface area contributed by atoms with Crippen LogP contribution in [0.15, 0.2) is 47.1 Å². The van der Waals surface area contributed by atoms with E-state index < -0.39 is 5.97 Å². The first-order valence-corrected chi connectivity index (χ1v) is 9.57. The number of ketones is 1. The van der Waals surface area contributed by atoms with Crippen molar-refractivity contribution in [1.29, 1.82) is 5.26 Å². The van der Waals surface area contributed by atoms with Gasteiger partial charge in [0.2, 0.25) is 5.88 Å². The number of carbonyl (C=O) groups excluding carboxylic acids is 2. The van der Waals surface area contributed by atoms with Crippen LogP contribution in [0.25, 0.3) is 5.88 Å². The summed E-state index contributed by atoms with van der Waals surface area (Å²) < 4.78 is 12.5. The zero-order valence-electron chi connectivity index (χ0n) is 16.1. The number of nitriles is 1. The molecular weight excluding hydrogens is 368 g/mol. The van der Waals surface area contributed by atoms with Crippen molar-refractivity contribution in [2.45, 2.75) is 32.6 Å². The average molecular weight is 388 g/mol. The van der Waals surface area contributed by atoms with Gasteiger partial charge in [0.25, 0.3) is 0 Å². The van der Waals surface area contributed by atoms with Gasteiger partial charge in [0, 0.05) is 18.0 Å². The van der Waals surface area contributed by atoms with E-state index in [1.807, 2.05) is 18.2 Å². The van der Waals surface area contributed by atoms with Gasteiger partial charge in [0.15, 0.2) is 12.4 Å². The monoisotopic (exact) mass is 388 g/mol. The number of furan rings is 1. The Labute approximate surface area is 168 Å². The van der Waals surface area contributed by atoms with Crippen LogP contribution in [-0.4, -0.2) is 22.9 Å². The fraction of sp³-hybridized carbons (Fsp3) is 0.261. The zero-order chi connectivity index (χ0) is 20.4. The Morgan fingerprint density at radius 1 is 1.17 bits per heavy atom. The molecule has 0 saturated heterocycles. The number of fused-ring (bicyclic) bond motifs is 1. The maximum Gasteiger partial charge on any atom is 0.343 e. The van der Waals surface area contributed by atoms with Gasteiger partial charge in [-0.2, -0.15) is 5.26 Å². The van der Waals surface area contributed by atoms with E-state index in [-0.39, 0.29) is 35.2 Å². The van der Waals surface area contributed by atoms with E-state index in [2.05, 4.69) is 0 Å². The van der Waals surface area contributed by atoms with Crippen LogP contribution in [0.2, 0.25) is 0 Å². The molecule has 6 nitrogen and oxygen atoms in total. The summed E-state index contributed by atoms with van der Waals surface area (Å²) in [6.07, 6.45) is 7.74. The van der Waals surface area contributed by atoms with Gasteiger partial charge >= 0.3 is 5.97 Å². The molecule has 0 fully saturated rings. The van der Waals surface area contributed by atoms with E-state index in [0.717, 1.165) is 19.3 Å². The van der Waals surface area contributed by atoms with Gasteiger partial charge in [0.05, 0.1) is 0 Å². The lowest BCUT2D eigenvalue weighted by molar-refractivity contribution is 0.0472. The number of benzene rings is 1. The third-order valence-electron chi connectivity index (χ3n) is 5.23. The minimum atomic E-state index is -0.743. The molecule has 2 heterocycles. The van der Waals surface area contributed by atoms with Crippen LogP contribution in [0.5, 0.6) is 0 Å². The second kappa shape index (κ2) is 7.80. The molecule has 6 heteroatoms. The average Bonchev–Trinajstić information content (AvgIpc) is 3.38. The summed E-state index contributed by atoms with van der Waals surface area (Å²) in [5.41, 5.74) is 3.16. The number of ether oxygens (including phenoxy) is 1. The highest BCUT2D eigenvalue weighted by molar-refractivity contribution is 6.00. The summed E-state index contributed by atoms with van der Waals surface area (Å²) in [6.45, 7) is 1.21. The molecule has 0 spiro atoms. The molecule has 0 bridgehead atoms. The van der Waals surface area contributed by atoms with Crippen molar-refractivity contribution in [2.24, 2.45) is 0 Å². The van der Waals surface area contributed by atoms with E-state index in [0.29, 0.717) is 5.56 Å². The van der Waals surface area contributed by atoms with Crippen molar-refractivity contribution in [1.82, 2.24) is 4.57 Å². The molecule has 1 aliphatic rings. The number of esters is 1. The van der Waals surface area contributed by atoms with E-state index in [1.54, 1.807) is 42.1 Å². The third kappa shape index (κ3) is 3.59. The Balaban J connectivity index is 1.50. The number of hydrogen-bond acceptors (Lipinski definition) is 5. The van der Waals surface area contributed by atoms with Gasteiger partial charge in [-0.1, -0.05) is 12.1 Å². The Kier molecular flexibility index (Phi) is 5.05. The van der Waals surface area contributed by atoms with Crippen LogP contribution < -0.4 is 0 Å². The minimum absolute atomic E-state index is 0.0504. The van der Waals surface area contributed by atoms with E-state index in [4.69, 9.17) is 9.15 Å². The molecular formula is C23H20N2O4. The van der Waals surface area contributed by atoms with Crippen LogP contribution in [0.4, 0.5) is 0 Å². The lowest BCUT2D eigenvalue weighted by atomic mass is 9.90. The first-order valence-electron chi connectivity index (χ1n) is 9.57. The Bertz CT molecular complexity index is 1120. The molecule has 2 aromatic heterocycles. The molecule has 0 unspecified atom stereocenters. The lowest BCUT2D eigenvalue weighted by Gasteiger charge is -2.16. The van der Waals surface area contributed by atoms with Gasteiger partial charge in [-0.25, -0.2) is 4.79 Å². The van der Waals surface area contributed by atoms with Gasteiger partial charge in [-0.05, 0) is 61.9 Å². The normalized spacial score (nSPS) is 12.8. The van der Waals surface area contributed by atoms with Crippen molar-refractivity contribution in [3.63, 3.8) is 0 Å². The summed E-state index contributed by atoms with van der Waals surface area (Å²) in [7, 11) is 0. The molecule has 0 amide bonds. The quantitative estimate of drug-likeness (QED) is 0.484. The molecule has 0 aliphatic heterocycles. The zero-order valence-corrected chi connectivity index (χ0v) is 16.1. The predicted octanol–water partition coefficient (Wildman–Crippen LogP) is 4.17. The molecule has 1 aliphatic carbocycles. The maximum atomic E-state index is 12.6. The standard InChI is InChI=1S/C23H20N2O4/c1-15-21(19(13-24)22(29-15)25-10-4-5-11-25)23(27)28-14-20(26)18-9-8-16-6-2-3-7-17(16)12-18/h4-5,8-12H,2-3,6-7,14H2,1H3. The molecule has 0 atom stereocenters. The van der Waals surface area contributed by atoms with Gasteiger partial charge in [-0.15, -0.1) is 0 Å². The van der Waals surface area contributed by atoms with Crippen LogP contribution in [0.3, 0.4) is 0 Å². The number of carbonyl (C=O) groups is 2.